The quantitative estimate of drug-likeness (QED) is 0.188. The van der Waals surface area contributed by atoms with Gasteiger partial charge in [0.1, 0.15) is 11.9 Å². The summed E-state index contributed by atoms with van der Waals surface area (Å²) in [5.41, 5.74) is 4.08. The van der Waals surface area contributed by atoms with Crippen LogP contribution in [0.5, 0.6) is 5.75 Å². The molecule has 0 radical (unpaired) electrons. The Morgan fingerprint density at radius 2 is 1.41 bits per heavy atom. The molecule has 0 amide bonds. The van der Waals surface area contributed by atoms with E-state index in [1.54, 1.807) is 0 Å². The van der Waals surface area contributed by atoms with Crippen LogP contribution in [0.2, 0.25) is 0 Å². The van der Waals surface area contributed by atoms with E-state index in [4.69, 9.17) is 9.47 Å². The van der Waals surface area contributed by atoms with Crippen molar-refractivity contribution in [2.24, 2.45) is 0 Å². The Bertz CT molecular complexity index is 954. The molecule has 2 aromatic carbocycles. The van der Waals surface area contributed by atoms with E-state index < -0.39 is 7.81 Å². The van der Waals surface area contributed by atoms with Crippen LogP contribution in [0.1, 0.15) is 48.8 Å². The number of halogens is 7. The molecule has 1 aliphatic rings. The summed E-state index contributed by atoms with van der Waals surface area (Å²) in [7, 11) is -10.7. The van der Waals surface area contributed by atoms with E-state index in [9.17, 15) is 30.0 Å². The Labute approximate surface area is 205 Å². The first-order chi connectivity index (χ1) is 15.5. The summed E-state index contributed by atoms with van der Waals surface area (Å²) in [6, 6.07) is 12.7. The van der Waals surface area contributed by atoms with Gasteiger partial charge in [0.05, 0.1) is 0 Å². The zero-order chi connectivity index (χ0) is 25.6. The Morgan fingerprint density at radius 1 is 0.912 bits per heavy atom. The van der Waals surface area contributed by atoms with E-state index in [1.807, 2.05) is 12.1 Å². The number of esters is 1. The molecule has 0 aromatic heterocycles. The van der Waals surface area contributed by atoms with Gasteiger partial charge in [0, 0.05) is 11.1 Å². The Hall–Kier alpha value is -1.55. The summed E-state index contributed by atoms with van der Waals surface area (Å²) < 4.78 is 73.1. The van der Waals surface area contributed by atoms with Crippen molar-refractivity contribution in [1.82, 2.24) is 0 Å². The molecule has 0 bridgehead atoms. The fourth-order valence-electron chi connectivity index (χ4n) is 3.56. The van der Waals surface area contributed by atoms with Gasteiger partial charge in [0.2, 0.25) is 0 Å². The van der Waals surface area contributed by atoms with Crippen LogP contribution in [-0.2, 0) is 9.53 Å². The minimum atomic E-state index is -10.7. The van der Waals surface area contributed by atoms with E-state index in [0.717, 1.165) is 31.4 Å². The maximum absolute atomic E-state index is 12.0. The average Bonchev–Trinajstić information content (AvgIpc) is 2.68. The fourth-order valence-corrected chi connectivity index (χ4v) is 6.06. The van der Waals surface area contributed by atoms with Crippen molar-refractivity contribution in [2.75, 3.05) is 6.61 Å². The zero-order valence-electron chi connectivity index (χ0n) is 19.1. The molecular formula is C23H28F6IO3P. The minimum absolute atomic E-state index is 0.0128. The van der Waals surface area contributed by atoms with Crippen LogP contribution in [0.3, 0.4) is 0 Å². The van der Waals surface area contributed by atoms with Crippen LogP contribution in [0.15, 0.2) is 36.4 Å². The first-order valence-corrected chi connectivity index (χ1v) is 14.9. The van der Waals surface area contributed by atoms with Crippen LogP contribution in [0.25, 0.3) is 0 Å². The first kappa shape index (κ1) is 28.7. The van der Waals surface area contributed by atoms with Gasteiger partial charge >= 0.3 is 60.2 Å². The third kappa shape index (κ3) is 12.8. The number of hydrogen-bond acceptors (Lipinski definition) is 3. The number of rotatable bonds is 6. The van der Waals surface area contributed by atoms with Crippen molar-refractivity contribution in [3.8, 4) is 5.75 Å². The number of carbonyl (C=O) groups excluding carboxylic acids is 1. The molecule has 1 saturated carbocycles. The van der Waals surface area contributed by atoms with Gasteiger partial charge in [-0.1, -0.05) is 24.1 Å². The summed E-state index contributed by atoms with van der Waals surface area (Å²) in [6.45, 7) is 6.53. The number of hydrogen-bond donors (Lipinski definition) is 0. The summed E-state index contributed by atoms with van der Waals surface area (Å²) >= 11 is -0.223. The van der Waals surface area contributed by atoms with Crippen molar-refractivity contribution in [3.05, 3.63) is 60.2 Å². The Morgan fingerprint density at radius 3 is 1.91 bits per heavy atom. The van der Waals surface area contributed by atoms with Gasteiger partial charge in [-0.25, -0.2) is 4.79 Å². The van der Waals surface area contributed by atoms with E-state index in [-0.39, 0.29) is 39.9 Å². The van der Waals surface area contributed by atoms with Gasteiger partial charge in [-0.15, -0.1) is 0 Å². The van der Waals surface area contributed by atoms with Crippen LogP contribution in [0, 0.1) is 27.9 Å². The fraction of sp³-hybridized carbons (Fsp3) is 0.435. The molecule has 0 N–H and O–H groups in total. The molecule has 11 heteroatoms. The van der Waals surface area contributed by atoms with Gasteiger partial charge in [-0.05, 0) is 70.7 Å². The van der Waals surface area contributed by atoms with Gasteiger partial charge < -0.3 is 9.47 Å². The molecule has 0 heterocycles. The molecule has 34 heavy (non-hydrogen) atoms. The molecule has 0 atom stereocenters. The molecule has 0 saturated heterocycles. The second-order valence-electron chi connectivity index (χ2n) is 8.26. The van der Waals surface area contributed by atoms with Gasteiger partial charge in [0.25, 0.3) is 0 Å². The standard InChI is InChI=1S/C23H28IO3.F6P/c1-16-13-17(2)23(18(3)14-16)24-19-9-11-20(12-10-19)26-15-22(25)27-21-7-5-4-6-8-21;1-7(2,3,4,5)6/h9-14,21H,4-8,15H2,1-3H3;/q+1;-1. The summed E-state index contributed by atoms with van der Waals surface area (Å²) in [6.07, 6.45) is 5.63. The predicted molar refractivity (Wildman–Crippen MR) is 117 cm³/mol. The summed E-state index contributed by atoms with van der Waals surface area (Å²) in [5.74, 6) is 0.463. The van der Waals surface area contributed by atoms with Crippen molar-refractivity contribution < 1.29 is 60.7 Å². The summed E-state index contributed by atoms with van der Waals surface area (Å²) in [4.78, 5) is 12.0. The molecule has 3 nitrogen and oxygen atoms in total. The molecule has 0 unspecified atom stereocenters. The molecule has 0 aliphatic heterocycles. The third-order valence-electron chi connectivity index (χ3n) is 4.81. The van der Waals surface area contributed by atoms with Crippen molar-refractivity contribution in [3.63, 3.8) is 0 Å². The number of carbonyl (C=O) groups is 1. The molecule has 2 aromatic rings. The average molecular weight is 624 g/mol. The molecule has 3 rings (SSSR count). The Kier molecular flexibility index (Phi) is 8.94. The van der Waals surface area contributed by atoms with E-state index in [2.05, 4.69) is 45.0 Å². The third-order valence-corrected chi connectivity index (χ3v) is 8.39. The van der Waals surface area contributed by atoms with E-state index >= 15 is 0 Å². The first-order valence-electron chi connectivity index (χ1n) is 10.7. The van der Waals surface area contributed by atoms with Crippen LogP contribution < -0.4 is 25.9 Å². The van der Waals surface area contributed by atoms with E-state index in [1.165, 1.54) is 30.3 Å². The molecular weight excluding hydrogens is 596 g/mol. The van der Waals surface area contributed by atoms with Crippen molar-refractivity contribution in [1.29, 1.82) is 0 Å². The number of aryl methyl sites for hydroxylation is 3. The van der Waals surface area contributed by atoms with E-state index in [0.29, 0.717) is 0 Å². The monoisotopic (exact) mass is 624 g/mol. The number of ether oxygens (including phenoxy) is 2. The molecule has 192 valence electrons. The second kappa shape index (κ2) is 10.6. The van der Waals surface area contributed by atoms with Crippen molar-refractivity contribution in [2.45, 2.75) is 59.0 Å². The maximum atomic E-state index is 12.0. The normalized spacial score (nSPS) is 16.5. The van der Waals surface area contributed by atoms with Gasteiger partial charge in [-0.2, -0.15) is 0 Å². The number of benzene rings is 2. The van der Waals surface area contributed by atoms with Crippen LogP contribution >= 0.6 is 7.81 Å². The molecule has 1 fully saturated rings. The SMILES string of the molecule is Cc1cc(C)c([I+]c2ccc(OCC(=O)OC3CCCCC3)cc2)c(C)c1.F[P-](F)(F)(F)(F)F. The zero-order valence-corrected chi connectivity index (χ0v) is 22.2. The molecule has 1 aliphatic carbocycles. The van der Waals surface area contributed by atoms with Crippen LogP contribution in [0.4, 0.5) is 25.2 Å². The second-order valence-corrected chi connectivity index (χ2v) is 13.0. The van der Waals surface area contributed by atoms with Crippen molar-refractivity contribution >= 4 is 13.8 Å². The van der Waals surface area contributed by atoms with Crippen LogP contribution in [-0.4, -0.2) is 18.7 Å². The predicted octanol–water partition coefficient (Wildman–Crippen LogP) is 5.38. The summed E-state index contributed by atoms with van der Waals surface area (Å²) in [5, 5.41) is 0. The topological polar surface area (TPSA) is 35.5 Å². The molecule has 0 spiro atoms. The Balaban J connectivity index is 0.000000509. The van der Waals surface area contributed by atoms with Gasteiger partial charge in [0.15, 0.2) is 13.7 Å². The van der Waals surface area contributed by atoms with Gasteiger partial charge in [-0.3, -0.25) is 0 Å².